The van der Waals surface area contributed by atoms with Gasteiger partial charge in [0.2, 0.25) is 0 Å². The molecular weight excluding hydrogens is 357 g/mol. The highest BCUT2D eigenvalue weighted by molar-refractivity contribution is 7.21. The van der Waals surface area contributed by atoms with E-state index >= 15 is 0 Å². The van der Waals surface area contributed by atoms with Gasteiger partial charge in [0.25, 0.3) is 5.91 Å². The molecule has 0 atom stereocenters. The van der Waals surface area contributed by atoms with Crippen molar-refractivity contribution in [2.45, 2.75) is 19.8 Å². The van der Waals surface area contributed by atoms with E-state index in [4.69, 9.17) is 0 Å². The summed E-state index contributed by atoms with van der Waals surface area (Å²) in [5.41, 5.74) is 2.06. The number of amides is 1. The predicted molar refractivity (Wildman–Crippen MR) is 98.4 cm³/mol. The van der Waals surface area contributed by atoms with E-state index in [2.05, 4.69) is 15.3 Å². The van der Waals surface area contributed by atoms with Crippen LogP contribution in [0.3, 0.4) is 0 Å². The zero-order valence-corrected chi connectivity index (χ0v) is 15.2. The molecule has 0 unspecified atom stereocenters. The molecule has 7 heteroatoms. The first-order valence-corrected chi connectivity index (χ1v) is 9.77. The molecule has 3 aromatic rings. The van der Waals surface area contributed by atoms with Crippen molar-refractivity contribution in [3.63, 3.8) is 0 Å². The summed E-state index contributed by atoms with van der Waals surface area (Å²) in [7, 11) is 0. The fourth-order valence-electron chi connectivity index (χ4n) is 2.51. The standard InChI is InChI=1S/C18H16FN3OS2/c1-10-21-15(12-4-6-13(19)7-5-12)16(25-10)18-22-14(9-24-18)17(23)20-8-11-2-3-11/h4-7,9,11H,2-3,8H2,1H3,(H,20,23). The Kier molecular flexibility index (Phi) is 4.35. The first-order chi connectivity index (χ1) is 12.1. The molecule has 1 aliphatic rings. The highest BCUT2D eigenvalue weighted by atomic mass is 32.1. The number of carbonyl (C=O) groups is 1. The largest absolute Gasteiger partial charge is 0.350 e. The average molecular weight is 373 g/mol. The number of benzene rings is 1. The number of aryl methyl sites for hydroxylation is 1. The normalized spacial score (nSPS) is 13.8. The summed E-state index contributed by atoms with van der Waals surface area (Å²) >= 11 is 2.96. The molecule has 1 fully saturated rings. The minimum absolute atomic E-state index is 0.126. The van der Waals surface area contributed by atoms with E-state index < -0.39 is 0 Å². The Morgan fingerprint density at radius 2 is 2.04 bits per heavy atom. The first kappa shape index (κ1) is 16.4. The second-order valence-corrected chi connectivity index (χ2v) is 8.17. The number of thiazole rings is 2. The number of nitrogens with zero attached hydrogens (tertiary/aromatic N) is 2. The van der Waals surface area contributed by atoms with Gasteiger partial charge in [-0.3, -0.25) is 4.79 Å². The van der Waals surface area contributed by atoms with Crippen LogP contribution < -0.4 is 5.32 Å². The van der Waals surface area contributed by atoms with E-state index in [0.29, 0.717) is 11.6 Å². The van der Waals surface area contributed by atoms with Crippen LogP contribution >= 0.6 is 22.7 Å². The Bertz CT molecular complexity index is 913. The van der Waals surface area contributed by atoms with Gasteiger partial charge in [-0.15, -0.1) is 22.7 Å². The third-order valence-corrected chi connectivity index (χ3v) is 6.00. The van der Waals surface area contributed by atoms with Gasteiger partial charge >= 0.3 is 0 Å². The molecule has 128 valence electrons. The summed E-state index contributed by atoms with van der Waals surface area (Å²) in [5, 5.41) is 6.39. The Hall–Kier alpha value is -2.12. The Morgan fingerprint density at radius 3 is 2.76 bits per heavy atom. The van der Waals surface area contributed by atoms with Crippen molar-refractivity contribution in [3.8, 4) is 21.1 Å². The predicted octanol–water partition coefficient (Wildman–Crippen LogP) is 4.52. The Morgan fingerprint density at radius 1 is 1.28 bits per heavy atom. The van der Waals surface area contributed by atoms with Crippen LogP contribution in [0.25, 0.3) is 21.1 Å². The molecule has 2 aromatic heterocycles. The van der Waals surface area contributed by atoms with E-state index in [1.165, 1.54) is 47.6 Å². The van der Waals surface area contributed by atoms with Crippen LogP contribution in [0.2, 0.25) is 0 Å². The van der Waals surface area contributed by atoms with Crippen LogP contribution in [-0.4, -0.2) is 22.4 Å². The molecule has 4 rings (SSSR count). The van der Waals surface area contributed by atoms with Gasteiger partial charge in [0.15, 0.2) is 0 Å². The molecule has 1 aliphatic carbocycles. The molecule has 1 aromatic carbocycles. The second-order valence-electron chi connectivity index (χ2n) is 6.11. The molecule has 1 amide bonds. The maximum atomic E-state index is 13.2. The topological polar surface area (TPSA) is 54.9 Å². The van der Waals surface area contributed by atoms with Crippen molar-refractivity contribution in [1.82, 2.24) is 15.3 Å². The summed E-state index contributed by atoms with van der Waals surface area (Å²) in [6.45, 7) is 2.66. The first-order valence-electron chi connectivity index (χ1n) is 8.07. The average Bonchev–Trinajstić information content (AvgIpc) is 3.15. The molecule has 0 saturated heterocycles. The fraction of sp³-hybridized carbons (Fsp3) is 0.278. The van der Waals surface area contributed by atoms with Crippen molar-refractivity contribution >= 4 is 28.6 Å². The lowest BCUT2D eigenvalue weighted by Crippen LogP contribution is -2.25. The summed E-state index contributed by atoms with van der Waals surface area (Å²) < 4.78 is 13.2. The van der Waals surface area contributed by atoms with E-state index in [0.717, 1.165) is 32.7 Å². The van der Waals surface area contributed by atoms with Crippen LogP contribution in [0.4, 0.5) is 4.39 Å². The van der Waals surface area contributed by atoms with Gasteiger partial charge in [0.05, 0.1) is 15.6 Å². The summed E-state index contributed by atoms with van der Waals surface area (Å²) in [5.74, 6) is 0.233. The monoisotopic (exact) mass is 373 g/mol. The van der Waals surface area contributed by atoms with Crippen molar-refractivity contribution in [2.75, 3.05) is 6.54 Å². The molecule has 25 heavy (non-hydrogen) atoms. The molecule has 0 aliphatic heterocycles. The quantitative estimate of drug-likeness (QED) is 0.715. The highest BCUT2D eigenvalue weighted by Gasteiger charge is 2.23. The molecule has 4 nitrogen and oxygen atoms in total. The van der Waals surface area contributed by atoms with E-state index in [1.54, 1.807) is 17.5 Å². The van der Waals surface area contributed by atoms with E-state index in [1.807, 2.05) is 6.92 Å². The minimum Gasteiger partial charge on any atom is -0.350 e. The molecule has 0 bridgehead atoms. The smallest absolute Gasteiger partial charge is 0.270 e. The third kappa shape index (κ3) is 3.62. The van der Waals surface area contributed by atoms with E-state index in [-0.39, 0.29) is 11.7 Å². The third-order valence-electron chi connectivity index (χ3n) is 4.03. The van der Waals surface area contributed by atoms with Crippen molar-refractivity contribution in [2.24, 2.45) is 5.92 Å². The summed E-state index contributed by atoms with van der Waals surface area (Å²) in [6.07, 6.45) is 2.40. The van der Waals surface area contributed by atoms with Gasteiger partial charge in [-0.2, -0.15) is 0 Å². The highest BCUT2D eigenvalue weighted by Crippen LogP contribution is 2.38. The maximum absolute atomic E-state index is 13.2. The van der Waals surface area contributed by atoms with Crippen molar-refractivity contribution < 1.29 is 9.18 Å². The lowest BCUT2D eigenvalue weighted by molar-refractivity contribution is 0.0947. The molecule has 1 N–H and O–H groups in total. The lowest BCUT2D eigenvalue weighted by atomic mass is 10.1. The molecule has 0 radical (unpaired) electrons. The number of rotatable bonds is 5. The van der Waals surface area contributed by atoms with Crippen LogP contribution in [0.5, 0.6) is 0 Å². The van der Waals surface area contributed by atoms with Crippen LogP contribution in [0.15, 0.2) is 29.6 Å². The van der Waals surface area contributed by atoms with Gasteiger partial charge in [-0.1, -0.05) is 0 Å². The number of carbonyl (C=O) groups excluding carboxylic acids is 1. The lowest BCUT2D eigenvalue weighted by Gasteiger charge is -2.01. The molecular formula is C18H16FN3OS2. The van der Waals surface area contributed by atoms with Gasteiger partial charge in [0.1, 0.15) is 16.5 Å². The number of hydrogen-bond acceptors (Lipinski definition) is 5. The Balaban J connectivity index is 1.61. The second kappa shape index (κ2) is 6.65. The number of halogens is 1. The SMILES string of the molecule is Cc1nc(-c2ccc(F)cc2)c(-c2nc(C(=O)NCC3CC3)cs2)s1. The maximum Gasteiger partial charge on any atom is 0.270 e. The van der Waals surface area contributed by atoms with Crippen LogP contribution in [-0.2, 0) is 0 Å². The summed E-state index contributed by atoms with van der Waals surface area (Å²) in [6, 6.07) is 6.27. The Labute approximate surface area is 152 Å². The van der Waals surface area contributed by atoms with Gasteiger partial charge < -0.3 is 5.32 Å². The van der Waals surface area contributed by atoms with Gasteiger partial charge in [0, 0.05) is 17.5 Å². The zero-order valence-electron chi connectivity index (χ0n) is 13.6. The van der Waals surface area contributed by atoms with E-state index in [9.17, 15) is 9.18 Å². The molecule has 0 spiro atoms. The van der Waals surface area contributed by atoms with Crippen LogP contribution in [0.1, 0.15) is 28.3 Å². The fourth-order valence-corrected chi connectivity index (χ4v) is 4.34. The molecule has 2 heterocycles. The molecule has 1 saturated carbocycles. The van der Waals surface area contributed by atoms with Crippen molar-refractivity contribution in [3.05, 3.63) is 46.2 Å². The number of hydrogen-bond donors (Lipinski definition) is 1. The number of aromatic nitrogens is 2. The van der Waals surface area contributed by atoms with Crippen LogP contribution in [0, 0.1) is 18.7 Å². The van der Waals surface area contributed by atoms with Crippen molar-refractivity contribution in [1.29, 1.82) is 0 Å². The van der Waals surface area contributed by atoms with Gasteiger partial charge in [-0.05, 0) is 49.9 Å². The number of nitrogens with one attached hydrogen (secondary N) is 1. The minimum atomic E-state index is -0.277. The van der Waals surface area contributed by atoms with Gasteiger partial charge in [-0.25, -0.2) is 14.4 Å². The summed E-state index contributed by atoms with van der Waals surface area (Å²) in [4.78, 5) is 22.2. The zero-order chi connectivity index (χ0) is 17.4.